The Hall–Kier alpha value is -0.550. The third kappa shape index (κ3) is 2.52. The van der Waals surface area contributed by atoms with Gasteiger partial charge in [-0.05, 0) is 30.8 Å². The maximum absolute atomic E-state index is 11.3. The summed E-state index contributed by atoms with van der Waals surface area (Å²) in [6, 6.07) is -0.137. The number of ether oxygens (including phenoxy) is 1. The summed E-state index contributed by atoms with van der Waals surface area (Å²) in [5.41, 5.74) is 7.13. The molecule has 0 aromatic rings. The van der Waals surface area contributed by atoms with Crippen molar-refractivity contribution in [2.24, 2.45) is 11.7 Å². The van der Waals surface area contributed by atoms with Crippen molar-refractivity contribution in [2.75, 3.05) is 18.1 Å². The molecule has 4 nitrogen and oxygen atoms in total. The highest BCUT2D eigenvalue weighted by Gasteiger charge is 2.33. The van der Waals surface area contributed by atoms with Crippen molar-refractivity contribution < 1.29 is 13.2 Å². The van der Waals surface area contributed by atoms with Gasteiger partial charge in [-0.25, -0.2) is 8.42 Å². The molecule has 0 aromatic carbocycles. The average molecular weight is 231 g/mol. The molecule has 2 unspecified atom stereocenters. The lowest BCUT2D eigenvalue weighted by molar-refractivity contribution is 0.218. The van der Waals surface area contributed by atoms with E-state index < -0.39 is 9.84 Å². The van der Waals surface area contributed by atoms with Crippen LogP contribution in [-0.4, -0.2) is 32.6 Å². The highest BCUT2D eigenvalue weighted by molar-refractivity contribution is 7.91. The summed E-state index contributed by atoms with van der Waals surface area (Å²) in [6.45, 7) is 0.749. The summed E-state index contributed by atoms with van der Waals surface area (Å²) >= 11 is 0. The second kappa shape index (κ2) is 4.14. The molecule has 2 aliphatic rings. The number of hydrogen-bond acceptors (Lipinski definition) is 4. The first-order chi connectivity index (χ1) is 7.08. The molecule has 0 aromatic heterocycles. The molecule has 0 radical (unpaired) electrons. The van der Waals surface area contributed by atoms with Crippen LogP contribution in [0, 0.1) is 5.92 Å². The van der Waals surface area contributed by atoms with Crippen molar-refractivity contribution in [3.63, 3.8) is 0 Å². The summed E-state index contributed by atoms with van der Waals surface area (Å²) in [5.74, 6) is 0.619. The van der Waals surface area contributed by atoms with Crippen molar-refractivity contribution in [2.45, 2.75) is 25.3 Å². The van der Waals surface area contributed by atoms with E-state index in [0.717, 1.165) is 25.0 Å². The predicted octanol–water partition coefficient (Wildman–Crippen LogP) is 0.443. The summed E-state index contributed by atoms with van der Waals surface area (Å²) in [5, 5.41) is 0. The Morgan fingerprint density at radius 2 is 2.33 bits per heavy atom. The second-order valence-electron chi connectivity index (χ2n) is 4.36. The van der Waals surface area contributed by atoms with Gasteiger partial charge in [0.2, 0.25) is 0 Å². The molecule has 2 N–H and O–H groups in total. The Bertz CT molecular complexity index is 361. The van der Waals surface area contributed by atoms with Gasteiger partial charge in [-0.2, -0.15) is 0 Å². The fourth-order valence-electron chi connectivity index (χ4n) is 2.24. The van der Waals surface area contributed by atoms with Gasteiger partial charge in [-0.3, -0.25) is 0 Å². The van der Waals surface area contributed by atoms with Gasteiger partial charge in [-0.15, -0.1) is 0 Å². The highest BCUT2D eigenvalue weighted by Crippen LogP contribution is 2.27. The Balaban J connectivity index is 2.02. The Morgan fingerprint density at radius 1 is 1.53 bits per heavy atom. The van der Waals surface area contributed by atoms with Crippen LogP contribution in [0.3, 0.4) is 0 Å². The molecule has 1 saturated heterocycles. The zero-order valence-corrected chi connectivity index (χ0v) is 9.50. The smallest absolute Gasteiger partial charge is 0.150 e. The highest BCUT2D eigenvalue weighted by atomic mass is 32.2. The van der Waals surface area contributed by atoms with Crippen LogP contribution in [0.5, 0.6) is 0 Å². The van der Waals surface area contributed by atoms with Crippen LogP contribution in [0.25, 0.3) is 0 Å². The Morgan fingerprint density at radius 3 is 2.87 bits per heavy atom. The van der Waals surface area contributed by atoms with E-state index in [1.54, 1.807) is 6.26 Å². The van der Waals surface area contributed by atoms with Crippen molar-refractivity contribution in [1.29, 1.82) is 0 Å². The van der Waals surface area contributed by atoms with Gasteiger partial charge in [0.05, 0.1) is 24.4 Å². The molecule has 2 aliphatic heterocycles. The fraction of sp³-hybridized carbons (Fsp3) is 0.800. The predicted molar refractivity (Wildman–Crippen MR) is 58.0 cm³/mol. The van der Waals surface area contributed by atoms with Gasteiger partial charge < -0.3 is 10.5 Å². The van der Waals surface area contributed by atoms with Crippen molar-refractivity contribution >= 4 is 9.84 Å². The summed E-state index contributed by atoms with van der Waals surface area (Å²) in [4.78, 5) is 0. The minimum atomic E-state index is -2.83. The third-order valence-corrected chi connectivity index (χ3v) is 4.96. The van der Waals surface area contributed by atoms with Crippen molar-refractivity contribution in [3.05, 3.63) is 11.8 Å². The molecule has 86 valence electrons. The molecule has 0 amide bonds. The van der Waals surface area contributed by atoms with Gasteiger partial charge in [0, 0.05) is 6.04 Å². The van der Waals surface area contributed by atoms with E-state index in [9.17, 15) is 8.42 Å². The maximum Gasteiger partial charge on any atom is 0.150 e. The monoisotopic (exact) mass is 231 g/mol. The van der Waals surface area contributed by atoms with Gasteiger partial charge in [0.25, 0.3) is 0 Å². The number of rotatable bonds is 2. The molecule has 0 saturated carbocycles. The summed E-state index contributed by atoms with van der Waals surface area (Å²) < 4.78 is 27.9. The topological polar surface area (TPSA) is 69.4 Å². The van der Waals surface area contributed by atoms with Gasteiger partial charge in [0.15, 0.2) is 9.84 Å². The number of nitrogens with two attached hydrogens (primary N) is 1. The van der Waals surface area contributed by atoms with Crippen LogP contribution in [0.15, 0.2) is 11.8 Å². The first-order valence-corrected chi connectivity index (χ1v) is 7.17. The van der Waals surface area contributed by atoms with E-state index in [0.29, 0.717) is 12.2 Å². The van der Waals surface area contributed by atoms with Crippen LogP contribution in [0.4, 0.5) is 0 Å². The van der Waals surface area contributed by atoms with E-state index >= 15 is 0 Å². The minimum Gasteiger partial charge on any atom is -0.501 e. The second-order valence-corrected chi connectivity index (χ2v) is 6.58. The van der Waals surface area contributed by atoms with E-state index in [1.807, 2.05) is 0 Å². The molecule has 0 spiro atoms. The molecular formula is C10H17NO3S. The zero-order chi connectivity index (χ0) is 10.9. The molecule has 5 heteroatoms. The van der Waals surface area contributed by atoms with Crippen LogP contribution < -0.4 is 5.73 Å². The van der Waals surface area contributed by atoms with Gasteiger partial charge in [-0.1, -0.05) is 0 Å². The first-order valence-electron chi connectivity index (χ1n) is 5.35. The normalized spacial score (nSPS) is 31.8. The minimum absolute atomic E-state index is 0.0861. The van der Waals surface area contributed by atoms with Crippen molar-refractivity contribution in [3.8, 4) is 0 Å². The van der Waals surface area contributed by atoms with E-state index in [4.69, 9.17) is 10.5 Å². The Labute approximate surface area is 90.4 Å². The van der Waals surface area contributed by atoms with Crippen LogP contribution in [0.2, 0.25) is 0 Å². The fourth-order valence-corrected chi connectivity index (χ4v) is 4.09. The molecule has 2 atom stereocenters. The first kappa shape index (κ1) is 11.0. The molecular weight excluding hydrogens is 214 g/mol. The molecule has 0 bridgehead atoms. The lowest BCUT2D eigenvalue weighted by atomic mass is 9.91. The third-order valence-electron chi connectivity index (χ3n) is 3.17. The standard InChI is InChI=1S/C10H17NO3S/c11-10(8-2-1-4-14-6-8)9-3-5-15(12,13)7-9/h6,9-10H,1-5,7,11H2. The van der Waals surface area contributed by atoms with Crippen LogP contribution in [-0.2, 0) is 14.6 Å². The van der Waals surface area contributed by atoms with E-state index in [-0.39, 0.29) is 17.7 Å². The molecule has 2 heterocycles. The van der Waals surface area contributed by atoms with Crippen molar-refractivity contribution in [1.82, 2.24) is 0 Å². The summed E-state index contributed by atoms with van der Waals surface area (Å²) in [6.07, 6.45) is 4.34. The molecule has 0 aliphatic carbocycles. The van der Waals surface area contributed by atoms with E-state index in [1.165, 1.54) is 0 Å². The SMILES string of the molecule is NC(C1=COCCC1)C1CCS(=O)(=O)C1. The Kier molecular flexibility index (Phi) is 3.02. The molecule has 1 fully saturated rings. The quantitative estimate of drug-likeness (QED) is 0.749. The average Bonchev–Trinajstić information content (AvgIpc) is 2.59. The van der Waals surface area contributed by atoms with Crippen LogP contribution in [0.1, 0.15) is 19.3 Å². The number of sulfone groups is 1. The summed E-state index contributed by atoms with van der Waals surface area (Å²) in [7, 11) is -2.83. The maximum atomic E-state index is 11.3. The lowest BCUT2D eigenvalue weighted by Crippen LogP contribution is -2.34. The zero-order valence-electron chi connectivity index (χ0n) is 8.69. The molecule has 2 rings (SSSR count). The molecule has 15 heavy (non-hydrogen) atoms. The van der Waals surface area contributed by atoms with E-state index in [2.05, 4.69) is 0 Å². The lowest BCUT2D eigenvalue weighted by Gasteiger charge is -2.23. The van der Waals surface area contributed by atoms with Gasteiger partial charge in [0.1, 0.15) is 0 Å². The number of hydrogen-bond donors (Lipinski definition) is 1. The largest absolute Gasteiger partial charge is 0.501 e. The van der Waals surface area contributed by atoms with Crippen LogP contribution >= 0.6 is 0 Å². The van der Waals surface area contributed by atoms with Gasteiger partial charge >= 0.3 is 0 Å².